The van der Waals surface area contributed by atoms with Crippen molar-refractivity contribution in [1.82, 2.24) is 5.32 Å². The molecule has 0 amide bonds. The van der Waals surface area contributed by atoms with Gasteiger partial charge in [0, 0.05) is 24.0 Å². The topological polar surface area (TPSA) is 45.4 Å². The minimum atomic E-state index is -0.279. The van der Waals surface area contributed by atoms with Gasteiger partial charge in [0.1, 0.15) is 11.3 Å². The maximum absolute atomic E-state index is 9.84. The van der Waals surface area contributed by atoms with Gasteiger partial charge < -0.3 is 14.8 Å². The molecule has 1 aromatic carbocycles. The Morgan fingerprint density at radius 1 is 1.26 bits per heavy atom. The van der Waals surface area contributed by atoms with Crippen LogP contribution in [0.25, 0.3) is 11.0 Å². The number of fused-ring (bicyclic) bond motifs is 1. The molecule has 0 aliphatic rings. The molecule has 1 heterocycles. The lowest BCUT2D eigenvalue weighted by atomic mass is 10.1. The smallest absolute Gasteiger partial charge is 0.134 e. The van der Waals surface area contributed by atoms with Gasteiger partial charge in [-0.2, -0.15) is 0 Å². The first-order valence-corrected chi connectivity index (χ1v) is 6.93. The van der Waals surface area contributed by atoms with Gasteiger partial charge in [-0.25, -0.2) is 0 Å². The number of rotatable bonds is 6. The summed E-state index contributed by atoms with van der Waals surface area (Å²) in [5, 5.41) is 14.3. The van der Waals surface area contributed by atoms with E-state index in [9.17, 15) is 5.11 Å². The van der Waals surface area contributed by atoms with E-state index in [1.54, 1.807) is 0 Å². The summed E-state index contributed by atoms with van der Waals surface area (Å²) in [6.45, 7) is 7.59. The molecule has 1 atom stereocenters. The zero-order valence-corrected chi connectivity index (χ0v) is 11.9. The van der Waals surface area contributed by atoms with E-state index in [2.05, 4.69) is 25.2 Å². The molecule has 0 aliphatic heterocycles. The van der Waals surface area contributed by atoms with E-state index in [0.29, 0.717) is 12.5 Å². The van der Waals surface area contributed by atoms with Crippen molar-refractivity contribution in [2.75, 3.05) is 6.54 Å². The summed E-state index contributed by atoms with van der Waals surface area (Å²) in [6.07, 6.45) is 0.552. The van der Waals surface area contributed by atoms with Gasteiger partial charge in [-0.1, -0.05) is 32.0 Å². The summed E-state index contributed by atoms with van der Waals surface area (Å²) in [6, 6.07) is 8.07. The number of aliphatic hydroxyl groups is 1. The average Bonchev–Trinajstić information content (AvgIpc) is 2.65. The first-order valence-electron chi connectivity index (χ1n) is 6.93. The molecule has 3 heteroatoms. The summed E-state index contributed by atoms with van der Waals surface area (Å²) < 4.78 is 5.72. The van der Waals surface area contributed by atoms with Crippen molar-refractivity contribution in [3.63, 3.8) is 0 Å². The number of para-hydroxylation sites is 1. The summed E-state index contributed by atoms with van der Waals surface area (Å²) in [7, 11) is 0. The predicted octanol–water partition coefficient (Wildman–Crippen LogP) is 3.24. The van der Waals surface area contributed by atoms with E-state index in [4.69, 9.17) is 4.42 Å². The van der Waals surface area contributed by atoms with Crippen molar-refractivity contribution in [3.8, 4) is 0 Å². The molecule has 2 N–H and O–H groups in total. The van der Waals surface area contributed by atoms with Gasteiger partial charge >= 0.3 is 0 Å². The molecular weight excluding hydrogens is 238 g/mol. The molecule has 3 nitrogen and oxygen atoms in total. The highest BCUT2D eigenvalue weighted by molar-refractivity contribution is 5.82. The van der Waals surface area contributed by atoms with Crippen LogP contribution in [0.4, 0.5) is 0 Å². The summed E-state index contributed by atoms with van der Waals surface area (Å²) >= 11 is 0. The van der Waals surface area contributed by atoms with Gasteiger partial charge in [0.05, 0.1) is 6.10 Å². The number of aliphatic hydroxyl groups excluding tert-OH is 1. The lowest BCUT2D eigenvalue weighted by Crippen LogP contribution is -2.27. The first kappa shape index (κ1) is 14.1. The Balaban J connectivity index is 1.96. The lowest BCUT2D eigenvalue weighted by Gasteiger charge is -2.13. The van der Waals surface area contributed by atoms with E-state index in [1.807, 2.05) is 25.1 Å². The molecule has 0 bridgehead atoms. The van der Waals surface area contributed by atoms with Crippen molar-refractivity contribution in [3.05, 3.63) is 35.6 Å². The molecule has 0 spiro atoms. The fourth-order valence-electron chi connectivity index (χ4n) is 2.43. The lowest BCUT2D eigenvalue weighted by molar-refractivity contribution is 0.146. The third kappa shape index (κ3) is 3.58. The van der Waals surface area contributed by atoms with Gasteiger partial charge in [0.25, 0.3) is 0 Å². The largest absolute Gasteiger partial charge is 0.461 e. The fourth-order valence-corrected chi connectivity index (χ4v) is 2.43. The second kappa shape index (κ2) is 6.22. The van der Waals surface area contributed by atoms with Crippen LogP contribution >= 0.6 is 0 Å². The van der Waals surface area contributed by atoms with E-state index >= 15 is 0 Å². The monoisotopic (exact) mass is 261 g/mol. The van der Waals surface area contributed by atoms with Crippen molar-refractivity contribution >= 4 is 11.0 Å². The van der Waals surface area contributed by atoms with Crippen molar-refractivity contribution in [1.29, 1.82) is 0 Å². The number of benzene rings is 1. The van der Waals surface area contributed by atoms with E-state index in [1.165, 1.54) is 5.56 Å². The third-order valence-electron chi connectivity index (χ3n) is 3.33. The van der Waals surface area contributed by atoms with E-state index < -0.39 is 0 Å². The molecule has 0 aliphatic carbocycles. The predicted molar refractivity (Wildman–Crippen MR) is 78.1 cm³/mol. The molecule has 2 aromatic rings. The number of hydrogen-bond acceptors (Lipinski definition) is 3. The van der Waals surface area contributed by atoms with Crippen LogP contribution in [-0.2, 0) is 6.54 Å². The maximum Gasteiger partial charge on any atom is 0.134 e. The Morgan fingerprint density at radius 2 is 2.00 bits per heavy atom. The maximum atomic E-state index is 9.84. The van der Waals surface area contributed by atoms with Crippen LogP contribution in [0.5, 0.6) is 0 Å². The number of furan rings is 1. The molecule has 19 heavy (non-hydrogen) atoms. The second-order valence-electron chi connectivity index (χ2n) is 5.55. The second-order valence-corrected chi connectivity index (χ2v) is 5.55. The molecule has 0 saturated heterocycles. The van der Waals surface area contributed by atoms with Gasteiger partial charge in [-0.15, -0.1) is 0 Å². The van der Waals surface area contributed by atoms with Gasteiger partial charge in [0.15, 0.2) is 0 Å². The Labute approximate surface area is 114 Å². The van der Waals surface area contributed by atoms with Crippen LogP contribution in [0.1, 0.15) is 31.6 Å². The van der Waals surface area contributed by atoms with Gasteiger partial charge in [-0.3, -0.25) is 0 Å². The van der Waals surface area contributed by atoms with Crippen molar-refractivity contribution in [2.45, 2.75) is 39.8 Å². The Morgan fingerprint density at radius 3 is 2.74 bits per heavy atom. The number of nitrogens with one attached hydrogen (secondary N) is 1. The number of aryl methyl sites for hydroxylation is 1. The van der Waals surface area contributed by atoms with E-state index in [-0.39, 0.29) is 6.10 Å². The van der Waals surface area contributed by atoms with Crippen molar-refractivity contribution in [2.24, 2.45) is 5.92 Å². The Kier molecular flexibility index (Phi) is 4.61. The molecule has 0 fully saturated rings. The molecule has 0 radical (unpaired) electrons. The number of hydrogen-bond donors (Lipinski definition) is 2. The van der Waals surface area contributed by atoms with Gasteiger partial charge in [0.2, 0.25) is 0 Å². The van der Waals surface area contributed by atoms with Gasteiger partial charge in [-0.05, 0) is 25.3 Å². The SMILES string of the molecule is Cc1oc2ccccc2c1CNCC(O)CC(C)C. The highest BCUT2D eigenvalue weighted by atomic mass is 16.3. The zero-order chi connectivity index (χ0) is 13.8. The molecule has 104 valence electrons. The summed E-state index contributed by atoms with van der Waals surface area (Å²) in [4.78, 5) is 0. The summed E-state index contributed by atoms with van der Waals surface area (Å²) in [5.41, 5.74) is 2.12. The summed E-state index contributed by atoms with van der Waals surface area (Å²) in [5.74, 6) is 1.47. The fraction of sp³-hybridized carbons (Fsp3) is 0.500. The quantitative estimate of drug-likeness (QED) is 0.839. The first-order chi connectivity index (χ1) is 9.08. The minimum absolute atomic E-state index is 0.279. The van der Waals surface area contributed by atoms with Crippen LogP contribution in [-0.4, -0.2) is 17.8 Å². The van der Waals surface area contributed by atoms with Crippen LogP contribution in [0.15, 0.2) is 28.7 Å². The van der Waals surface area contributed by atoms with E-state index in [0.717, 1.165) is 29.7 Å². The normalized spacial score (nSPS) is 13.3. The minimum Gasteiger partial charge on any atom is -0.461 e. The molecule has 2 rings (SSSR count). The molecule has 1 unspecified atom stereocenters. The average molecular weight is 261 g/mol. The van der Waals surface area contributed by atoms with Crippen molar-refractivity contribution < 1.29 is 9.52 Å². The third-order valence-corrected chi connectivity index (χ3v) is 3.33. The Bertz CT molecular complexity index is 531. The van der Waals surface area contributed by atoms with Crippen LogP contribution in [0, 0.1) is 12.8 Å². The van der Waals surface area contributed by atoms with Crippen LogP contribution in [0.2, 0.25) is 0 Å². The van der Waals surface area contributed by atoms with Crippen LogP contribution < -0.4 is 5.32 Å². The highest BCUT2D eigenvalue weighted by Gasteiger charge is 2.11. The standard InChI is InChI=1S/C16H23NO2/c1-11(2)8-13(18)9-17-10-15-12(3)19-16-7-5-4-6-14(15)16/h4-7,11,13,17-18H,8-10H2,1-3H3. The molecular formula is C16H23NO2. The highest BCUT2D eigenvalue weighted by Crippen LogP contribution is 2.24. The molecule has 1 aromatic heterocycles. The molecule has 0 saturated carbocycles. The Hall–Kier alpha value is -1.32. The zero-order valence-electron chi connectivity index (χ0n) is 11.9. The van der Waals surface area contributed by atoms with Crippen LogP contribution in [0.3, 0.4) is 0 Å².